The highest BCUT2D eigenvalue weighted by atomic mass is 35.5. The zero-order chi connectivity index (χ0) is 14.9. The molecular weight excluding hydrogens is 301 g/mol. The number of nitrogens with two attached hydrogens (primary N) is 1. The summed E-state index contributed by atoms with van der Waals surface area (Å²) in [6, 6.07) is 3.27. The van der Waals surface area contributed by atoms with Crippen LogP contribution in [0, 0.1) is 5.92 Å². The molecule has 0 amide bonds. The van der Waals surface area contributed by atoms with Crippen LogP contribution in [0.1, 0.15) is 25.8 Å². The zero-order valence-electron chi connectivity index (χ0n) is 11.4. The molecule has 5 nitrogen and oxygen atoms in total. The Morgan fingerprint density at radius 3 is 2.35 bits per heavy atom. The van der Waals surface area contributed by atoms with Gasteiger partial charge >= 0.3 is 0 Å². The molecule has 0 bridgehead atoms. The SMILES string of the molecule is COC(c1noc(-c2cc(Cl)c(N)c(Cl)c2)n1)C(C)C. The first-order valence-electron chi connectivity index (χ1n) is 6.05. The fourth-order valence-corrected chi connectivity index (χ4v) is 2.34. The lowest BCUT2D eigenvalue weighted by Crippen LogP contribution is -2.10. The second-order valence-electron chi connectivity index (χ2n) is 4.71. The highest BCUT2D eigenvalue weighted by Gasteiger charge is 2.22. The number of rotatable bonds is 4. The van der Waals surface area contributed by atoms with Crippen LogP contribution in [0.2, 0.25) is 10.0 Å². The van der Waals surface area contributed by atoms with Crippen molar-refractivity contribution in [1.82, 2.24) is 10.1 Å². The van der Waals surface area contributed by atoms with E-state index in [4.69, 9.17) is 38.2 Å². The van der Waals surface area contributed by atoms with Gasteiger partial charge < -0.3 is 15.0 Å². The van der Waals surface area contributed by atoms with Crippen molar-refractivity contribution in [3.8, 4) is 11.5 Å². The van der Waals surface area contributed by atoms with Gasteiger partial charge in [-0.3, -0.25) is 0 Å². The molecule has 0 spiro atoms. The molecule has 20 heavy (non-hydrogen) atoms. The summed E-state index contributed by atoms with van der Waals surface area (Å²) in [5, 5.41) is 4.63. The first-order valence-corrected chi connectivity index (χ1v) is 6.81. The molecule has 7 heteroatoms. The van der Waals surface area contributed by atoms with Crippen molar-refractivity contribution >= 4 is 28.9 Å². The average molecular weight is 316 g/mol. The molecule has 0 aliphatic carbocycles. The first-order chi connectivity index (χ1) is 9.43. The number of halogens is 2. The Kier molecular flexibility index (Phi) is 4.52. The summed E-state index contributed by atoms with van der Waals surface area (Å²) in [6.07, 6.45) is -0.229. The van der Waals surface area contributed by atoms with E-state index in [0.29, 0.717) is 33.0 Å². The van der Waals surface area contributed by atoms with Crippen LogP contribution in [0.3, 0.4) is 0 Å². The maximum Gasteiger partial charge on any atom is 0.258 e. The predicted molar refractivity (Wildman–Crippen MR) is 78.8 cm³/mol. The molecule has 2 N–H and O–H groups in total. The molecule has 0 radical (unpaired) electrons. The number of nitrogen functional groups attached to an aromatic ring is 1. The Morgan fingerprint density at radius 1 is 1.25 bits per heavy atom. The van der Waals surface area contributed by atoms with Crippen molar-refractivity contribution in [2.24, 2.45) is 5.92 Å². The molecule has 1 heterocycles. The summed E-state index contributed by atoms with van der Waals surface area (Å²) in [7, 11) is 1.61. The zero-order valence-corrected chi connectivity index (χ0v) is 12.9. The fourth-order valence-electron chi connectivity index (χ4n) is 1.85. The van der Waals surface area contributed by atoms with Gasteiger partial charge in [0.15, 0.2) is 0 Å². The highest BCUT2D eigenvalue weighted by molar-refractivity contribution is 6.39. The van der Waals surface area contributed by atoms with E-state index in [1.807, 2.05) is 13.8 Å². The van der Waals surface area contributed by atoms with Gasteiger partial charge in [-0.25, -0.2) is 0 Å². The highest BCUT2D eigenvalue weighted by Crippen LogP contribution is 2.33. The molecule has 1 unspecified atom stereocenters. The first kappa shape index (κ1) is 15.1. The second kappa shape index (κ2) is 5.99. The van der Waals surface area contributed by atoms with Crippen LogP contribution < -0.4 is 5.73 Å². The molecule has 0 saturated heterocycles. The largest absolute Gasteiger partial charge is 0.396 e. The van der Waals surface area contributed by atoms with E-state index in [9.17, 15) is 0 Å². The number of methoxy groups -OCH3 is 1. The van der Waals surface area contributed by atoms with Crippen LogP contribution in [0.5, 0.6) is 0 Å². The number of hydrogen-bond acceptors (Lipinski definition) is 5. The standard InChI is InChI=1S/C13H15Cl2N3O2/c1-6(2)11(19-3)12-17-13(20-18-12)7-4-8(14)10(16)9(15)5-7/h4-6,11H,16H2,1-3H3. The third-order valence-electron chi connectivity index (χ3n) is 2.88. The molecule has 0 aliphatic heterocycles. The molecule has 1 aromatic heterocycles. The van der Waals surface area contributed by atoms with Crippen molar-refractivity contribution in [2.75, 3.05) is 12.8 Å². The van der Waals surface area contributed by atoms with Crippen LogP contribution in [0.15, 0.2) is 16.7 Å². The van der Waals surface area contributed by atoms with Crippen LogP contribution in [0.4, 0.5) is 5.69 Å². The Morgan fingerprint density at radius 2 is 1.85 bits per heavy atom. The summed E-state index contributed by atoms with van der Waals surface area (Å²) >= 11 is 12.0. The van der Waals surface area contributed by atoms with E-state index in [0.717, 1.165) is 0 Å². The average Bonchev–Trinajstić information content (AvgIpc) is 2.85. The normalized spacial score (nSPS) is 12.9. The minimum Gasteiger partial charge on any atom is -0.396 e. The van der Waals surface area contributed by atoms with E-state index in [1.165, 1.54) is 0 Å². The van der Waals surface area contributed by atoms with Crippen molar-refractivity contribution in [1.29, 1.82) is 0 Å². The Hall–Kier alpha value is -1.30. The lowest BCUT2D eigenvalue weighted by molar-refractivity contribution is 0.0556. The van der Waals surface area contributed by atoms with Crippen LogP contribution in [-0.2, 0) is 4.74 Å². The number of benzene rings is 1. The van der Waals surface area contributed by atoms with Gasteiger partial charge in [0.05, 0.1) is 15.7 Å². The van der Waals surface area contributed by atoms with Crippen molar-refractivity contribution in [3.05, 3.63) is 28.0 Å². The monoisotopic (exact) mass is 315 g/mol. The number of nitrogens with zero attached hydrogens (tertiary/aromatic N) is 2. The smallest absolute Gasteiger partial charge is 0.258 e. The van der Waals surface area contributed by atoms with Crippen LogP contribution in [0.25, 0.3) is 11.5 Å². The quantitative estimate of drug-likeness (QED) is 0.864. The lowest BCUT2D eigenvalue weighted by atomic mass is 10.1. The van der Waals surface area contributed by atoms with E-state index in [1.54, 1.807) is 19.2 Å². The van der Waals surface area contributed by atoms with Gasteiger partial charge in [-0.15, -0.1) is 0 Å². The van der Waals surface area contributed by atoms with E-state index in [2.05, 4.69) is 10.1 Å². The van der Waals surface area contributed by atoms with Gasteiger partial charge in [0.2, 0.25) is 5.82 Å². The van der Waals surface area contributed by atoms with Crippen molar-refractivity contribution in [3.63, 3.8) is 0 Å². The van der Waals surface area contributed by atoms with E-state index >= 15 is 0 Å². The summed E-state index contributed by atoms with van der Waals surface area (Å²) in [5.41, 5.74) is 6.64. The van der Waals surface area contributed by atoms with E-state index in [-0.39, 0.29) is 12.0 Å². The molecule has 2 aromatic rings. The molecule has 0 fully saturated rings. The number of hydrogen-bond donors (Lipinski definition) is 1. The Balaban J connectivity index is 2.38. The molecule has 1 atom stereocenters. The van der Waals surface area contributed by atoms with E-state index < -0.39 is 0 Å². The van der Waals surface area contributed by atoms with Gasteiger partial charge in [0.25, 0.3) is 5.89 Å². The number of aromatic nitrogens is 2. The maximum absolute atomic E-state index is 5.99. The number of ether oxygens (including phenoxy) is 1. The van der Waals surface area contributed by atoms with Crippen LogP contribution >= 0.6 is 23.2 Å². The summed E-state index contributed by atoms with van der Waals surface area (Å²) in [6.45, 7) is 4.03. The number of anilines is 1. The molecule has 0 aliphatic rings. The third kappa shape index (κ3) is 2.90. The van der Waals surface area contributed by atoms with Gasteiger partial charge in [-0.05, 0) is 18.1 Å². The van der Waals surface area contributed by atoms with Gasteiger partial charge in [-0.1, -0.05) is 42.2 Å². The molecule has 1 aromatic carbocycles. The van der Waals surface area contributed by atoms with Crippen LogP contribution in [-0.4, -0.2) is 17.3 Å². The summed E-state index contributed by atoms with van der Waals surface area (Å²) < 4.78 is 10.6. The second-order valence-corrected chi connectivity index (χ2v) is 5.53. The summed E-state index contributed by atoms with van der Waals surface area (Å²) in [4.78, 5) is 4.32. The lowest BCUT2D eigenvalue weighted by Gasteiger charge is -2.14. The fraction of sp³-hybridized carbons (Fsp3) is 0.385. The van der Waals surface area contributed by atoms with Crippen molar-refractivity contribution < 1.29 is 9.26 Å². The summed E-state index contributed by atoms with van der Waals surface area (Å²) in [5.74, 6) is 1.04. The van der Waals surface area contributed by atoms with Gasteiger partial charge in [-0.2, -0.15) is 4.98 Å². The van der Waals surface area contributed by atoms with Gasteiger partial charge in [0.1, 0.15) is 6.10 Å². The minimum atomic E-state index is -0.229. The third-order valence-corrected chi connectivity index (χ3v) is 3.51. The maximum atomic E-state index is 5.99. The molecular formula is C13H15Cl2N3O2. The van der Waals surface area contributed by atoms with Gasteiger partial charge in [0, 0.05) is 12.7 Å². The Bertz CT molecular complexity index is 590. The molecule has 108 valence electrons. The minimum absolute atomic E-state index is 0.226. The topological polar surface area (TPSA) is 74.2 Å². The predicted octanol–water partition coefficient (Wildman–Crippen LogP) is 3.97. The molecule has 2 rings (SSSR count). The van der Waals surface area contributed by atoms with Crippen molar-refractivity contribution in [2.45, 2.75) is 20.0 Å². The Labute approximate surface area is 127 Å². The molecule has 0 saturated carbocycles.